The van der Waals surface area contributed by atoms with Crippen LogP contribution in [0.15, 0.2) is 42.7 Å². The standard InChI is InChI=1S/C21H23ClN4O2/c22-18-4-3-17(14-19(18)26-9-1-2-20(26)27)21(28)25-12-10-24(11-13-25)15-16-5-7-23-8-6-16/h3-8,14H,1-2,9-13,15H2. The van der Waals surface area contributed by atoms with Crippen molar-refractivity contribution in [2.45, 2.75) is 19.4 Å². The first-order valence-corrected chi connectivity index (χ1v) is 10.00. The summed E-state index contributed by atoms with van der Waals surface area (Å²) >= 11 is 6.30. The molecule has 2 fully saturated rings. The van der Waals surface area contributed by atoms with Crippen LogP contribution < -0.4 is 4.90 Å². The van der Waals surface area contributed by atoms with Crippen LogP contribution in [-0.2, 0) is 11.3 Å². The fourth-order valence-corrected chi connectivity index (χ4v) is 4.01. The summed E-state index contributed by atoms with van der Waals surface area (Å²) in [7, 11) is 0. The van der Waals surface area contributed by atoms with Gasteiger partial charge in [0, 0.05) is 63.6 Å². The molecule has 0 aliphatic carbocycles. The van der Waals surface area contributed by atoms with Crippen molar-refractivity contribution in [3.63, 3.8) is 0 Å². The van der Waals surface area contributed by atoms with E-state index in [0.29, 0.717) is 42.3 Å². The molecule has 3 heterocycles. The van der Waals surface area contributed by atoms with Crippen molar-refractivity contribution in [1.82, 2.24) is 14.8 Å². The van der Waals surface area contributed by atoms with E-state index < -0.39 is 0 Å². The van der Waals surface area contributed by atoms with Crippen LogP contribution >= 0.6 is 11.6 Å². The molecule has 2 amide bonds. The maximum absolute atomic E-state index is 13.0. The maximum Gasteiger partial charge on any atom is 0.254 e. The molecule has 1 aromatic carbocycles. The minimum absolute atomic E-state index is 0.00637. The van der Waals surface area contributed by atoms with E-state index in [2.05, 4.69) is 9.88 Å². The molecule has 6 nitrogen and oxygen atoms in total. The molecule has 2 aliphatic rings. The Hall–Kier alpha value is -2.44. The summed E-state index contributed by atoms with van der Waals surface area (Å²) in [6.45, 7) is 4.56. The zero-order chi connectivity index (χ0) is 19.5. The number of rotatable bonds is 4. The van der Waals surface area contributed by atoms with E-state index in [1.807, 2.05) is 17.0 Å². The van der Waals surface area contributed by atoms with Gasteiger partial charge in [-0.15, -0.1) is 0 Å². The van der Waals surface area contributed by atoms with Gasteiger partial charge < -0.3 is 9.80 Å². The molecule has 0 saturated carbocycles. The molecule has 146 valence electrons. The number of amides is 2. The molecule has 0 unspecified atom stereocenters. The van der Waals surface area contributed by atoms with Gasteiger partial charge >= 0.3 is 0 Å². The zero-order valence-electron chi connectivity index (χ0n) is 15.7. The fraction of sp³-hybridized carbons (Fsp3) is 0.381. The molecule has 1 aromatic heterocycles. The number of anilines is 1. The molecule has 2 saturated heterocycles. The Morgan fingerprint density at radius 2 is 1.79 bits per heavy atom. The predicted octanol–water partition coefficient (Wildman–Crippen LogP) is 2.82. The third kappa shape index (κ3) is 4.03. The monoisotopic (exact) mass is 398 g/mol. The van der Waals surface area contributed by atoms with Crippen LogP contribution in [0.3, 0.4) is 0 Å². The van der Waals surface area contributed by atoms with Crippen molar-refractivity contribution in [1.29, 1.82) is 0 Å². The second-order valence-corrected chi connectivity index (χ2v) is 7.65. The van der Waals surface area contributed by atoms with E-state index >= 15 is 0 Å². The number of hydrogen-bond donors (Lipinski definition) is 0. The van der Waals surface area contributed by atoms with E-state index in [1.54, 1.807) is 35.5 Å². The normalized spacial score (nSPS) is 18.0. The molecular weight excluding hydrogens is 376 g/mol. The number of carbonyl (C=O) groups excluding carboxylic acids is 2. The second-order valence-electron chi connectivity index (χ2n) is 7.24. The van der Waals surface area contributed by atoms with Crippen molar-refractivity contribution in [3.8, 4) is 0 Å². The van der Waals surface area contributed by atoms with Crippen LogP contribution in [-0.4, -0.2) is 59.3 Å². The number of halogens is 1. The second kappa shape index (κ2) is 8.29. The van der Waals surface area contributed by atoms with Crippen LogP contribution in [0.1, 0.15) is 28.8 Å². The lowest BCUT2D eigenvalue weighted by atomic mass is 10.1. The van der Waals surface area contributed by atoms with Crippen molar-refractivity contribution < 1.29 is 9.59 Å². The van der Waals surface area contributed by atoms with Crippen LogP contribution in [0.5, 0.6) is 0 Å². The molecule has 4 rings (SSSR count). The minimum atomic E-state index is -0.00637. The lowest BCUT2D eigenvalue weighted by Crippen LogP contribution is -2.48. The number of aromatic nitrogens is 1. The van der Waals surface area contributed by atoms with E-state index in [0.717, 1.165) is 26.1 Å². The highest BCUT2D eigenvalue weighted by Gasteiger charge is 2.26. The van der Waals surface area contributed by atoms with Gasteiger partial charge in [0.1, 0.15) is 0 Å². The maximum atomic E-state index is 13.0. The third-order valence-corrected chi connectivity index (χ3v) is 5.69. The van der Waals surface area contributed by atoms with Gasteiger partial charge in [0.05, 0.1) is 10.7 Å². The Labute approximate surface area is 169 Å². The summed E-state index contributed by atoms with van der Waals surface area (Å²) in [6, 6.07) is 9.27. The van der Waals surface area contributed by atoms with Crippen molar-refractivity contribution >= 4 is 29.1 Å². The fourth-order valence-electron chi connectivity index (χ4n) is 3.79. The molecule has 0 radical (unpaired) electrons. The summed E-state index contributed by atoms with van der Waals surface area (Å²) < 4.78 is 0. The quantitative estimate of drug-likeness (QED) is 0.794. The molecule has 28 heavy (non-hydrogen) atoms. The van der Waals surface area contributed by atoms with Gasteiger partial charge in [-0.05, 0) is 42.3 Å². The number of benzene rings is 1. The Morgan fingerprint density at radius 3 is 2.46 bits per heavy atom. The topological polar surface area (TPSA) is 56.8 Å². The summed E-state index contributed by atoms with van der Waals surface area (Å²) in [5.74, 6) is 0.0596. The van der Waals surface area contributed by atoms with Crippen molar-refractivity contribution in [3.05, 3.63) is 58.9 Å². The van der Waals surface area contributed by atoms with Gasteiger partial charge in [0.25, 0.3) is 5.91 Å². The lowest BCUT2D eigenvalue weighted by Gasteiger charge is -2.35. The average Bonchev–Trinajstić information content (AvgIpc) is 3.15. The summed E-state index contributed by atoms with van der Waals surface area (Å²) in [5.41, 5.74) is 2.46. The first-order chi connectivity index (χ1) is 13.6. The molecule has 0 bridgehead atoms. The first kappa shape index (κ1) is 18.9. The molecular formula is C21H23ClN4O2. The molecule has 0 N–H and O–H groups in total. The van der Waals surface area contributed by atoms with Gasteiger partial charge in [0.15, 0.2) is 0 Å². The first-order valence-electron chi connectivity index (χ1n) is 9.62. The van der Waals surface area contributed by atoms with Gasteiger partial charge in [-0.3, -0.25) is 19.5 Å². The summed E-state index contributed by atoms with van der Waals surface area (Å²) in [5, 5.41) is 0.508. The zero-order valence-corrected chi connectivity index (χ0v) is 16.4. The highest BCUT2D eigenvalue weighted by Crippen LogP contribution is 2.31. The summed E-state index contributed by atoms with van der Waals surface area (Å²) in [6.07, 6.45) is 4.97. The highest BCUT2D eigenvalue weighted by atomic mass is 35.5. The van der Waals surface area contributed by atoms with E-state index in [-0.39, 0.29) is 11.8 Å². The van der Waals surface area contributed by atoms with Gasteiger partial charge in [0.2, 0.25) is 5.91 Å². The Kier molecular flexibility index (Phi) is 5.59. The highest BCUT2D eigenvalue weighted by molar-refractivity contribution is 6.34. The molecule has 0 spiro atoms. The van der Waals surface area contributed by atoms with Crippen LogP contribution in [0.4, 0.5) is 5.69 Å². The SMILES string of the molecule is O=C(c1ccc(Cl)c(N2CCCC2=O)c1)N1CCN(Cc2ccncc2)CC1. The van der Waals surface area contributed by atoms with E-state index in [1.165, 1.54) is 5.56 Å². The molecule has 0 atom stereocenters. The minimum Gasteiger partial charge on any atom is -0.336 e. The number of piperazine rings is 1. The molecule has 2 aliphatic heterocycles. The average molecular weight is 399 g/mol. The van der Waals surface area contributed by atoms with Crippen molar-refractivity contribution in [2.24, 2.45) is 0 Å². The van der Waals surface area contributed by atoms with Gasteiger partial charge in [-0.1, -0.05) is 11.6 Å². The largest absolute Gasteiger partial charge is 0.336 e. The van der Waals surface area contributed by atoms with Crippen LogP contribution in [0.25, 0.3) is 0 Å². The molecule has 7 heteroatoms. The summed E-state index contributed by atoms with van der Waals surface area (Å²) in [4.78, 5) is 35.0. The third-order valence-electron chi connectivity index (χ3n) is 5.37. The van der Waals surface area contributed by atoms with Crippen LogP contribution in [0, 0.1) is 0 Å². The number of hydrogen-bond acceptors (Lipinski definition) is 4. The smallest absolute Gasteiger partial charge is 0.254 e. The van der Waals surface area contributed by atoms with Gasteiger partial charge in [-0.2, -0.15) is 0 Å². The molecule has 2 aromatic rings. The number of pyridine rings is 1. The Balaban J connectivity index is 1.41. The Bertz CT molecular complexity index is 866. The van der Waals surface area contributed by atoms with E-state index in [4.69, 9.17) is 11.6 Å². The van der Waals surface area contributed by atoms with Crippen molar-refractivity contribution in [2.75, 3.05) is 37.6 Å². The lowest BCUT2D eigenvalue weighted by molar-refractivity contribution is -0.117. The predicted molar refractivity (Wildman–Crippen MR) is 108 cm³/mol. The number of carbonyl (C=O) groups is 2. The van der Waals surface area contributed by atoms with E-state index in [9.17, 15) is 9.59 Å². The van der Waals surface area contributed by atoms with Gasteiger partial charge in [-0.25, -0.2) is 0 Å². The number of nitrogens with zero attached hydrogens (tertiary/aromatic N) is 4. The van der Waals surface area contributed by atoms with Crippen LogP contribution in [0.2, 0.25) is 5.02 Å². The Morgan fingerprint density at radius 1 is 1.04 bits per heavy atom.